The summed E-state index contributed by atoms with van der Waals surface area (Å²) in [4.78, 5) is 2.55. The van der Waals surface area contributed by atoms with E-state index in [9.17, 15) is 0 Å². The molecule has 0 radical (unpaired) electrons. The van der Waals surface area contributed by atoms with E-state index in [1.165, 1.54) is 108 Å². The van der Waals surface area contributed by atoms with Crippen molar-refractivity contribution in [2.24, 2.45) is 0 Å². The number of thiophene rings is 1. The van der Waals surface area contributed by atoms with Crippen LogP contribution in [0.1, 0.15) is 0 Å². The van der Waals surface area contributed by atoms with Crippen LogP contribution in [0.4, 0.5) is 17.1 Å². The highest BCUT2D eigenvalue weighted by molar-refractivity contribution is 7.25. The van der Waals surface area contributed by atoms with Crippen molar-refractivity contribution in [2.45, 2.75) is 0 Å². The average Bonchev–Trinajstić information content (AvgIpc) is 3.72. The van der Waals surface area contributed by atoms with Crippen LogP contribution in [0.25, 0.3) is 74.7 Å². The van der Waals surface area contributed by atoms with Crippen molar-refractivity contribution in [3.8, 4) is 22.3 Å². The molecule has 3 heteroatoms. The second kappa shape index (κ2) is 10.2. The van der Waals surface area contributed by atoms with E-state index in [0.717, 1.165) is 0 Å². The quantitative estimate of drug-likeness (QED) is 0.167. The van der Waals surface area contributed by atoms with Gasteiger partial charge >= 0.3 is 0 Å². The van der Waals surface area contributed by atoms with E-state index in [1.807, 2.05) is 11.3 Å². The molecule has 10 aromatic rings. The summed E-state index contributed by atoms with van der Waals surface area (Å²) in [5.41, 5.74) is 13.1. The fraction of sp³-hybridized carbons (Fsp3) is 0. The van der Waals surface area contributed by atoms with Gasteiger partial charge in [-0.25, -0.2) is 0 Å². The van der Waals surface area contributed by atoms with E-state index in [0.29, 0.717) is 0 Å². The Hall–Kier alpha value is -6.16. The fourth-order valence-corrected chi connectivity index (χ4v) is 10.1. The topological polar surface area (TPSA) is 3.24 Å². The van der Waals surface area contributed by atoms with Crippen LogP contribution >= 0.6 is 11.3 Å². The molecule has 0 N–H and O–H groups in total. The van der Waals surface area contributed by atoms with Gasteiger partial charge in [-0.05, 0) is 120 Å². The van der Waals surface area contributed by atoms with E-state index < -0.39 is 0 Å². The first-order chi connectivity index (χ1) is 25.2. The van der Waals surface area contributed by atoms with Gasteiger partial charge in [0, 0.05) is 37.2 Å². The van der Waals surface area contributed by atoms with Crippen LogP contribution in [-0.4, -0.2) is 6.71 Å². The minimum absolute atomic E-state index is 0.142. The molecule has 12 rings (SSSR count). The second-order valence-corrected chi connectivity index (χ2v) is 15.2. The highest BCUT2D eigenvalue weighted by Gasteiger charge is 2.43. The lowest BCUT2D eigenvalue weighted by Crippen LogP contribution is -2.54. The van der Waals surface area contributed by atoms with Gasteiger partial charge in [-0.15, -0.1) is 11.3 Å². The maximum atomic E-state index is 2.55. The largest absolute Gasteiger partial charge is 0.311 e. The highest BCUT2D eigenvalue weighted by atomic mass is 32.1. The zero-order valence-corrected chi connectivity index (χ0v) is 28.4. The molecule has 234 valence electrons. The molecule has 0 saturated heterocycles. The summed E-state index contributed by atoms with van der Waals surface area (Å²) in [6, 6.07) is 63.9. The van der Waals surface area contributed by atoms with Gasteiger partial charge in [0.2, 0.25) is 6.71 Å². The first-order valence-electron chi connectivity index (χ1n) is 17.7. The van der Waals surface area contributed by atoms with Crippen molar-refractivity contribution in [3.05, 3.63) is 170 Å². The normalized spacial score (nSPS) is 13.0. The molecule has 2 aliphatic heterocycles. The fourth-order valence-electron chi connectivity index (χ4n) is 9.02. The monoisotopic (exact) mass is 661 g/mol. The maximum absolute atomic E-state index is 2.55. The summed E-state index contributed by atoms with van der Waals surface area (Å²) in [7, 11) is 0. The van der Waals surface area contributed by atoms with Crippen molar-refractivity contribution < 1.29 is 0 Å². The first kappa shape index (κ1) is 27.6. The summed E-state index contributed by atoms with van der Waals surface area (Å²) in [5.74, 6) is 0. The Morgan fingerprint density at radius 3 is 1.84 bits per heavy atom. The zero-order chi connectivity index (χ0) is 33.2. The van der Waals surface area contributed by atoms with Crippen LogP contribution in [0.15, 0.2) is 170 Å². The van der Waals surface area contributed by atoms with Gasteiger partial charge in [0.15, 0.2) is 0 Å². The SMILES string of the molecule is c1ccc2cc(N3c4cc5ccccc5cc4B4c5cc6ccccc6cc5-c5cc(-c6ccc7sc8ccccc8c7c6)cc3c54)ccc2c1. The molecule has 1 aromatic heterocycles. The third-order valence-electron chi connectivity index (χ3n) is 11.4. The number of anilines is 3. The zero-order valence-electron chi connectivity index (χ0n) is 27.6. The Labute approximate surface area is 299 Å². The predicted octanol–water partition coefficient (Wildman–Crippen LogP) is 11.5. The third-order valence-corrected chi connectivity index (χ3v) is 12.5. The molecule has 0 aliphatic carbocycles. The van der Waals surface area contributed by atoms with E-state index in [4.69, 9.17) is 0 Å². The van der Waals surface area contributed by atoms with Crippen LogP contribution in [0, 0.1) is 0 Å². The minimum atomic E-state index is 0.142. The minimum Gasteiger partial charge on any atom is -0.311 e. The van der Waals surface area contributed by atoms with Crippen molar-refractivity contribution in [1.82, 2.24) is 0 Å². The van der Waals surface area contributed by atoms with E-state index in [2.05, 4.69) is 175 Å². The van der Waals surface area contributed by atoms with E-state index in [1.54, 1.807) is 0 Å². The van der Waals surface area contributed by atoms with Gasteiger partial charge in [-0.2, -0.15) is 0 Å². The molecule has 0 unspecified atom stereocenters. The second-order valence-electron chi connectivity index (χ2n) is 14.1. The molecule has 0 amide bonds. The van der Waals surface area contributed by atoms with Crippen molar-refractivity contribution in [1.29, 1.82) is 0 Å². The number of fused-ring (bicyclic) bond motifs is 11. The molecule has 51 heavy (non-hydrogen) atoms. The van der Waals surface area contributed by atoms with Crippen LogP contribution < -0.4 is 21.3 Å². The lowest BCUT2D eigenvalue weighted by molar-refractivity contribution is 1.31. The number of benzene rings is 9. The number of nitrogens with zero attached hydrogens (tertiary/aromatic N) is 1. The molecule has 0 spiro atoms. The molecule has 0 atom stereocenters. The number of rotatable bonds is 2. The molecule has 0 bridgehead atoms. The molecular weight excluding hydrogens is 633 g/mol. The molecule has 0 fully saturated rings. The lowest BCUT2D eigenvalue weighted by Gasteiger charge is -2.37. The van der Waals surface area contributed by atoms with Gasteiger partial charge in [-0.1, -0.05) is 121 Å². The van der Waals surface area contributed by atoms with Gasteiger partial charge in [0.05, 0.1) is 0 Å². The van der Waals surface area contributed by atoms with Gasteiger partial charge in [0.1, 0.15) is 0 Å². The molecular formula is C48H28BNS. The van der Waals surface area contributed by atoms with E-state index >= 15 is 0 Å². The summed E-state index contributed by atoms with van der Waals surface area (Å²) in [6.45, 7) is 0.142. The molecule has 3 heterocycles. The Morgan fingerprint density at radius 2 is 1.04 bits per heavy atom. The van der Waals surface area contributed by atoms with Crippen molar-refractivity contribution in [3.63, 3.8) is 0 Å². The predicted molar refractivity (Wildman–Crippen MR) is 222 cm³/mol. The number of hydrogen-bond donors (Lipinski definition) is 0. The molecule has 2 aliphatic rings. The molecule has 1 nitrogen and oxygen atoms in total. The van der Waals surface area contributed by atoms with Gasteiger partial charge in [-0.3, -0.25) is 0 Å². The van der Waals surface area contributed by atoms with Crippen molar-refractivity contribution in [2.75, 3.05) is 4.90 Å². The van der Waals surface area contributed by atoms with Crippen molar-refractivity contribution >= 4 is 104 Å². The van der Waals surface area contributed by atoms with Crippen LogP contribution in [-0.2, 0) is 0 Å². The Bertz CT molecular complexity index is 3120. The summed E-state index contributed by atoms with van der Waals surface area (Å²) in [6.07, 6.45) is 0. The first-order valence-corrected chi connectivity index (χ1v) is 18.5. The molecule has 0 saturated carbocycles. The van der Waals surface area contributed by atoms with Gasteiger partial charge in [0.25, 0.3) is 0 Å². The van der Waals surface area contributed by atoms with Crippen LogP contribution in [0.2, 0.25) is 0 Å². The Morgan fingerprint density at radius 1 is 0.392 bits per heavy atom. The smallest absolute Gasteiger partial charge is 0.248 e. The summed E-state index contributed by atoms with van der Waals surface area (Å²) in [5, 5.41) is 10.3. The van der Waals surface area contributed by atoms with Crippen LogP contribution in [0.5, 0.6) is 0 Å². The van der Waals surface area contributed by atoms with E-state index in [-0.39, 0.29) is 6.71 Å². The summed E-state index contributed by atoms with van der Waals surface area (Å²) >= 11 is 1.88. The standard InChI is InChI=1S/C48H28BNS/c1-2-10-30-21-37(19-17-29(30)9-1)50-44-27-34-14-6-5-13-33(34)26-43(44)49-42-25-32-12-4-3-11-31(32)22-39(42)41-24-36(28-45(50)48(41)49)35-18-20-47-40(23-35)38-15-7-8-16-46(38)51-47/h1-28H. The molecule has 9 aromatic carbocycles. The lowest BCUT2D eigenvalue weighted by atomic mass is 9.37. The Balaban J connectivity index is 1.20. The average molecular weight is 662 g/mol. The van der Waals surface area contributed by atoms with Gasteiger partial charge < -0.3 is 4.90 Å². The van der Waals surface area contributed by atoms with Crippen LogP contribution in [0.3, 0.4) is 0 Å². The number of hydrogen-bond acceptors (Lipinski definition) is 2. The Kier molecular flexibility index (Phi) is 5.53. The highest BCUT2D eigenvalue weighted by Crippen LogP contribution is 2.45. The summed E-state index contributed by atoms with van der Waals surface area (Å²) < 4.78 is 2.67. The maximum Gasteiger partial charge on any atom is 0.248 e. The third kappa shape index (κ3) is 3.93.